The van der Waals surface area contributed by atoms with Crippen molar-refractivity contribution in [1.29, 1.82) is 0 Å². The van der Waals surface area contributed by atoms with Crippen LogP contribution in [-0.4, -0.2) is 66.9 Å². The van der Waals surface area contributed by atoms with Crippen molar-refractivity contribution < 1.29 is 27.9 Å². The van der Waals surface area contributed by atoms with E-state index in [-0.39, 0.29) is 31.5 Å². The number of carbonyl (C=O) groups is 2. The highest BCUT2D eigenvalue weighted by Crippen LogP contribution is 2.22. The Morgan fingerprint density at radius 1 is 1.29 bits per heavy atom. The summed E-state index contributed by atoms with van der Waals surface area (Å²) in [4.78, 5) is 22.3. The third-order valence-electron chi connectivity index (χ3n) is 3.39. The molecule has 0 aliphatic carbocycles. The van der Waals surface area contributed by atoms with Gasteiger partial charge in [0.05, 0.1) is 12.5 Å². The molecule has 1 heterocycles. The third-order valence-corrected chi connectivity index (χ3v) is 5.45. The zero-order chi connectivity index (χ0) is 16.0. The van der Waals surface area contributed by atoms with Crippen molar-refractivity contribution >= 4 is 22.1 Å². The SMILES string of the molecule is CCOC(=O)C1CCN(S(=O)(=O)N(CC)CC(=O)O)CC1. The van der Waals surface area contributed by atoms with Crippen LogP contribution in [0, 0.1) is 5.92 Å². The first-order valence-electron chi connectivity index (χ1n) is 6.96. The molecule has 0 aromatic carbocycles. The van der Waals surface area contributed by atoms with Crippen molar-refractivity contribution in [2.45, 2.75) is 26.7 Å². The van der Waals surface area contributed by atoms with Crippen LogP contribution >= 0.6 is 0 Å². The predicted molar refractivity (Wildman–Crippen MR) is 74.7 cm³/mol. The van der Waals surface area contributed by atoms with Crippen LogP contribution in [0.2, 0.25) is 0 Å². The molecule has 0 aromatic rings. The highest BCUT2D eigenvalue weighted by Gasteiger charge is 2.35. The molecule has 8 nitrogen and oxygen atoms in total. The third kappa shape index (κ3) is 4.65. The summed E-state index contributed by atoms with van der Waals surface area (Å²) in [5.74, 6) is -1.78. The first-order valence-corrected chi connectivity index (χ1v) is 8.36. The van der Waals surface area contributed by atoms with E-state index in [0.29, 0.717) is 19.4 Å². The van der Waals surface area contributed by atoms with E-state index in [4.69, 9.17) is 9.84 Å². The van der Waals surface area contributed by atoms with Gasteiger partial charge in [0, 0.05) is 19.6 Å². The molecule has 1 N–H and O–H groups in total. The Morgan fingerprint density at radius 2 is 1.86 bits per heavy atom. The molecule has 1 saturated heterocycles. The topological polar surface area (TPSA) is 104 Å². The van der Waals surface area contributed by atoms with Gasteiger partial charge in [0.15, 0.2) is 0 Å². The van der Waals surface area contributed by atoms with Gasteiger partial charge in [0.25, 0.3) is 10.2 Å². The van der Waals surface area contributed by atoms with Gasteiger partial charge in [-0.1, -0.05) is 6.92 Å². The first-order chi connectivity index (χ1) is 9.82. The largest absolute Gasteiger partial charge is 0.480 e. The van der Waals surface area contributed by atoms with Gasteiger partial charge in [-0.2, -0.15) is 17.0 Å². The zero-order valence-electron chi connectivity index (χ0n) is 12.3. The highest BCUT2D eigenvalue weighted by molar-refractivity contribution is 7.86. The molecule has 0 aromatic heterocycles. The molecule has 0 radical (unpaired) electrons. The fourth-order valence-electron chi connectivity index (χ4n) is 2.25. The van der Waals surface area contributed by atoms with E-state index in [1.54, 1.807) is 13.8 Å². The molecule has 0 unspecified atom stereocenters. The van der Waals surface area contributed by atoms with Gasteiger partial charge in [-0.25, -0.2) is 0 Å². The minimum atomic E-state index is -3.80. The van der Waals surface area contributed by atoms with E-state index in [2.05, 4.69) is 0 Å². The van der Waals surface area contributed by atoms with Crippen molar-refractivity contribution in [3.63, 3.8) is 0 Å². The average molecular weight is 322 g/mol. The van der Waals surface area contributed by atoms with Gasteiger partial charge in [0.1, 0.15) is 6.54 Å². The minimum Gasteiger partial charge on any atom is -0.480 e. The van der Waals surface area contributed by atoms with Crippen LogP contribution in [0.4, 0.5) is 0 Å². The molecule has 1 aliphatic rings. The smallest absolute Gasteiger partial charge is 0.318 e. The number of esters is 1. The lowest BCUT2D eigenvalue weighted by atomic mass is 9.98. The second-order valence-corrected chi connectivity index (χ2v) is 6.68. The molecule has 21 heavy (non-hydrogen) atoms. The summed E-state index contributed by atoms with van der Waals surface area (Å²) in [5.41, 5.74) is 0. The summed E-state index contributed by atoms with van der Waals surface area (Å²) in [7, 11) is -3.80. The van der Waals surface area contributed by atoms with Crippen molar-refractivity contribution in [3.05, 3.63) is 0 Å². The fourth-order valence-corrected chi connectivity index (χ4v) is 3.85. The Balaban J connectivity index is 2.67. The van der Waals surface area contributed by atoms with E-state index in [0.717, 1.165) is 4.31 Å². The van der Waals surface area contributed by atoms with Gasteiger partial charge in [0.2, 0.25) is 0 Å². The summed E-state index contributed by atoms with van der Waals surface area (Å²) in [6.45, 7) is 3.54. The van der Waals surface area contributed by atoms with Gasteiger partial charge in [-0.15, -0.1) is 0 Å². The Hall–Kier alpha value is -1.19. The summed E-state index contributed by atoms with van der Waals surface area (Å²) in [6.07, 6.45) is 0.783. The predicted octanol–water partition coefficient (Wildman–Crippen LogP) is -0.0872. The van der Waals surface area contributed by atoms with Gasteiger partial charge < -0.3 is 9.84 Å². The number of carbonyl (C=O) groups excluding carboxylic acids is 1. The van der Waals surface area contributed by atoms with Crippen LogP contribution in [0.25, 0.3) is 0 Å². The van der Waals surface area contributed by atoms with Crippen molar-refractivity contribution in [2.75, 3.05) is 32.8 Å². The molecular weight excluding hydrogens is 300 g/mol. The number of rotatable bonds is 7. The van der Waals surface area contributed by atoms with E-state index >= 15 is 0 Å². The lowest BCUT2D eigenvalue weighted by Gasteiger charge is -2.33. The number of nitrogens with zero attached hydrogens (tertiary/aromatic N) is 2. The number of aliphatic carboxylic acids is 1. The highest BCUT2D eigenvalue weighted by atomic mass is 32.2. The lowest BCUT2D eigenvalue weighted by molar-refractivity contribution is -0.149. The Morgan fingerprint density at radius 3 is 2.29 bits per heavy atom. The second kappa shape index (κ2) is 7.71. The summed E-state index contributed by atoms with van der Waals surface area (Å²) < 4.78 is 31.7. The minimum absolute atomic E-state index is 0.0897. The van der Waals surface area contributed by atoms with E-state index in [1.807, 2.05) is 0 Å². The van der Waals surface area contributed by atoms with Gasteiger partial charge in [-0.3, -0.25) is 9.59 Å². The maximum Gasteiger partial charge on any atom is 0.318 e. The van der Waals surface area contributed by atoms with E-state index < -0.39 is 22.7 Å². The molecule has 0 spiro atoms. The Labute approximate surface area is 124 Å². The van der Waals surface area contributed by atoms with Crippen molar-refractivity contribution in [1.82, 2.24) is 8.61 Å². The van der Waals surface area contributed by atoms with E-state index in [9.17, 15) is 18.0 Å². The molecule has 0 amide bonds. The summed E-state index contributed by atoms with van der Waals surface area (Å²) >= 11 is 0. The van der Waals surface area contributed by atoms with Gasteiger partial charge >= 0.3 is 11.9 Å². The number of hydrogen-bond acceptors (Lipinski definition) is 5. The van der Waals surface area contributed by atoms with Gasteiger partial charge in [-0.05, 0) is 19.8 Å². The molecule has 9 heteroatoms. The fraction of sp³-hybridized carbons (Fsp3) is 0.833. The lowest BCUT2D eigenvalue weighted by Crippen LogP contribution is -2.49. The number of piperidine rings is 1. The molecule has 1 fully saturated rings. The van der Waals surface area contributed by atoms with E-state index in [1.165, 1.54) is 4.31 Å². The molecule has 0 atom stereocenters. The van der Waals surface area contributed by atoms with Crippen molar-refractivity contribution in [3.8, 4) is 0 Å². The number of carboxylic acids is 1. The van der Waals surface area contributed by atoms with Crippen LogP contribution in [0.5, 0.6) is 0 Å². The van der Waals surface area contributed by atoms with Crippen LogP contribution in [0.3, 0.4) is 0 Å². The standard InChI is InChI=1S/C12H22N2O6S/c1-3-13(9-11(15)16)21(18,19)14-7-5-10(6-8-14)12(17)20-4-2/h10H,3-9H2,1-2H3,(H,15,16). The summed E-state index contributed by atoms with van der Waals surface area (Å²) in [6, 6.07) is 0. The molecule has 0 saturated carbocycles. The monoisotopic (exact) mass is 322 g/mol. The molecular formula is C12H22N2O6S. The quantitative estimate of drug-likeness (QED) is 0.657. The average Bonchev–Trinajstić information content (AvgIpc) is 2.44. The zero-order valence-corrected chi connectivity index (χ0v) is 13.1. The maximum atomic E-state index is 12.3. The number of likely N-dealkylation sites (N-methyl/N-ethyl adjacent to an activating group) is 1. The normalized spacial score (nSPS) is 17.9. The number of ether oxygens (including phenoxy) is 1. The Kier molecular flexibility index (Phi) is 6.56. The number of carboxylic acid groups (broad SMARTS) is 1. The van der Waals surface area contributed by atoms with Crippen molar-refractivity contribution in [2.24, 2.45) is 5.92 Å². The number of hydrogen-bond donors (Lipinski definition) is 1. The summed E-state index contributed by atoms with van der Waals surface area (Å²) in [5, 5.41) is 8.76. The first kappa shape index (κ1) is 17.9. The molecule has 0 bridgehead atoms. The van der Waals surface area contributed by atoms with Crippen LogP contribution in [0.1, 0.15) is 26.7 Å². The molecule has 1 aliphatic heterocycles. The Bertz CT molecular complexity index is 470. The van der Waals surface area contributed by atoms with Crippen LogP contribution < -0.4 is 0 Å². The molecule has 1 rings (SSSR count). The molecule has 122 valence electrons. The second-order valence-electron chi connectivity index (χ2n) is 4.75. The van der Waals surface area contributed by atoms with Crippen LogP contribution in [-0.2, 0) is 24.5 Å². The maximum absolute atomic E-state index is 12.3. The van der Waals surface area contributed by atoms with Crippen LogP contribution in [0.15, 0.2) is 0 Å².